The van der Waals surface area contributed by atoms with Gasteiger partial charge in [0.2, 0.25) is 0 Å². The highest BCUT2D eigenvalue weighted by molar-refractivity contribution is 4.82. The minimum Gasteiger partial charge on any atom is -0.395 e. The van der Waals surface area contributed by atoms with Crippen LogP contribution in [0.3, 0.4) is 0 Å². The highest BCUT2D eigenvalue weighted by Gasteiger charge is 2.27. The van der Waals surface area contributed by atoms with Gasteiger partial charge in [-0.3, -0.25) is 0 Å². The zero-order chi connectivity index (χ0) is 9.03. The normalized spacial score (nSPS) is 28.8. The lowest BCUT2D eigenvalue weighted by Crippen LogP contribution is -2.38. The van der Waals surface area contributed by atoms with Crippen LogP contribution in [-0.2, 0) is 0 Å². The summed E-state index contributed by atoms with van der Waals surface area (Å²) in [4.78, 5) is 0. The number of hydrogen-bond acceptors (Lipinski definition) is 2. The fourth-order valence-corrected chi connectivity index (χ4v) is 2.14. The van der Waals surface area contributed by atoms with E-state index in [4.69, 9.17) is 5.11 Å². The average molecular weight is 171 g/mol. The van der Waals surface area contributed by atoms with E-state index in [2.05, 4.69) is 19.2 Å². The lowest BCUT2D eigenvalue weighted by molar-refractivity contribution is 0.189. The third-order valence-electron chi connectivity index (χ3n) is 2.75. The first-order chi connectivity index (χ1) is 5.64. The third-order valence-corrected chi connectivity index (χ3v) is 2.75. The van der Waals surface area contributed by atoms with Crippen molar-refractivity contribution in [1.29, 1.82) is 0 Å². The highest BCUT2D eigenvalue weighted by Crippen LogP contribution is 2.34. The molecular weight excluding hydrogens is 150 g/mol. The van der Waals surface area contributed by atoms with Crippen molar-refractivity contribution in [1.82, 2.24) is 5.32 Å². The average Bonchev–Trinajstić information content (AvgIpc) is 1.99. The molecular formula is C10H21NO. The van der Waals surface area contributed by atoms with Gasteiger partial charge in [0.1, 0.15) is 0 Å². The Kier molecular flexibility index (Phi) is 3.53. The van der Waals surface area contributed by atoms with Crippen LogP contribution in [0.2, 0.25) is 0 Å². The van der Waals surface area contributed by atoms with E-state index >= 15 is 0 Å². The van der Waals surface area contributed by atoms with E-state index in [0.29, 0.717) is 11.5 Å². The second-order valence-electron chi connectivity index (χ2n) is 4.64. The summed E-state index contributed by atoms with van der Waals surface area (Å²) in [5.41, 5.74) is 0.505. The summed E-state index contributed by atoms with van der Waals surface area (Å²) in [7, 11) is 0. The highest BCUT2D eigenvalue weighted by atomic mass is 16.3. The minimum absolute atomic E-state index is 0.261. The molecule has 0 saturated heterocycles. The molecule has 0 heterocycles. The standard InChI is InChI=1S/C10H21NO/c1-10(2)5-3-4-9(8-10)11-6-7-12/h9,11-12H,3-8H2,1-2H3. The van der Waals surface area contributed by atoms with Gasteiger partial charge in [-0.15, -0.1) is 0 Å². The van der Waals surface area contributed by atoms with Gasteiger partial charge in [0.05, 0.1) is 6.61 Å². The van der Waals surface area contributed by atoms with Gasteiger partial charge in [-0.05, 0) is 24.7 Å². The summed E-state index contributed by atoms with van der Waals surface area (Å²) >= 11 is 0. The van der Waals surface area contributed by atoms with Crippen LogP contribution in [0.15, 0.2) is 0 Å². The molecule has 12 heavy (non-hydrogen) atoms. The maximum Gasteiger partial charge on any atom is 0.0556 e. The van der Waals surface area contributed by atoms with Crippen LogP contribution in [-0.4, -0.2) is 24.3 Å². The zero-order valence-corrected chi connectivity index (χ0v) is 8.27. The van der Waals surface area contributed by atoms with Gasteiger partial charge in [0.15, 0.2) is 0 Å². The Morgan fingerprint density at radius 2 is 2.25 bits per heavy atom. The molecule has 0 aliphatic heterocycles. The molecule has 0 aromatic heterocycles. The Bertz CT molecular complexity index is 134. The third kappa shape index (κ3) is 3.11. The first-order valence-electron chi connectivity index (χ1n) is 4.98. The number of rotatable bonds is 3. The Hall–Kier alpha value is -0.0800. The number of aliphatic hydroxyl groups is 1. The molecule has 0 radical (unpaired) electrons. The zero-order valence-electron chi connectivity index (χ0n) is 8.27. The van der Waals surface area contributed by atoms with Crippen LogP contribution >= 0.6 is 0 Å². The Morgan fingerprint density at radius 3 is 2.83 bits per heavy atom. The molecule has 2 nitrogen and oxygen atoms in total. The van der Waals surface area contributed by atoms with Crippen LogP contribution < -0.4 is 5.32 Å². The Labute approximate surface area is 75.4 Å². The molecule has 2 N–H and O–H groups in total. The second kappa shape index (κ2) is 4.24. The molecule has 2 heteroatoms. The van der Waals surface area contributed by atoms with Crippen LogP contribution in [0.25, 0.3) is 0 Å². The molecule has 72 valence electrons. The van der Waals surface area contributed by atoms with Crippen molar-refractivity contribution in [3.05, 3.63) is 0 Å². The monoisotopic (exact) mass is 171 g/mol. The SMILES string of the molecule is CC1(C)CCCC(NCCO)C1. The van der Waals surface area contributed by atoms with E-state index in [1.54, 1.807) is 0 Å². The smallest absolute Gasteiger partial charge is 0.0556 e. The lowest BCUT2D eigenvalue weighted by Gasteiger charge is -2.35. The number of nitrogens with one attached hydrogen (secondary N) is 1. The molecule has 1 unspecified atom stereocenters. The molecule has 0 bridgehead atoms. The van der Waals surface area contributed by atoms with Crippen LogP contribution in [0.1, 0.15) is 39.5 Å². The predicted octanol–water partition coefficient (Wildman–Crippen LogP) is 1.54. The van der Waals surface area contributed by atoms with E-state index in [0.717, 1.165) is 6.54 Å². The molecule has 1 fully saturated rings. The molecule has 1 atom stereocenters. The van der Waals surface area contributed by atoms with E-state index in [-0.39, 0.29) is 6.61 Å². The summed E-state index contributed by atoms with van der Waals surface area (Å²) in [6.07, 6.45) is 5.22. The van der Waals surface area contributed by atoms with Crippen molar-refractivity contribution in [2.75, 3.05) is 13.2 Å². The quantitative estimate of drug-likeness (QED) is 0.675. The molecule has 0 spiro atoms. The van der Waals surface area contributed by atoms with Crippen molar-refractivity contribution < 1.29 is 5.11 Å². The Morgan fingerprint density at radius 1 is 1.50 bits per heavy atom. The van der Waals surface area contributed by atoms with Gasteiger partial charge < -0.3 is 10.4 Å². The molecule has 1 aliphatic carbocycles. The summed E-state index contributed by atoms with van der Waals surface area (Å²) in [5, 5.41) is 12.0. The summed E-state index contributed by atoms with van der Waals surface area (Å²) in [5.74, 6) is 0. The number of aliphatic hydroxyl groups excluding tert-OH is 1. The molecule has 0 amide bonds. The maximum atomic E-state index is 8.66. The van der Waals surface area contributed by atoms with Gasteiger partial charge in [0.25, 0.3) is 0 Å². The summed E-state index contributed by atoms with van der Waals surface area (Å²) < 4.78 is 0. The lowest BCUT2D eigenvalue weighted by atomic mass is 9.75. The van der Waals surface area contributed by atoms with Crippen molar-refractivity contribution in [3.8, 4) is 0 Å². The van der Waals surface area contributed by atoms with Crippen molar-refractivity contribution in [2.24, 2.45) is 5.41 Å². The largest absolute Gasteiger partial charge is 0.395 e. The minimum atomic E-state index is 0.261. The van der Waals surface area contributed by atoms with Gasteiger partial charge in [-0.25, -0.2) is 0 Å². The predicted molar refractivity (Wildman–Crippen MR) is 51.1 cm³/mol. The van der Waals surface area contributed by atoms with E-state index in [9.17, 15) is 0 Å². The molecule has 0 aromatic carbocycles. The van der Waals surface area contributed by atoms with E-state index in [1.165, 1.54) is 25.7 Å². The first-order valence-corrected chi connectivity index (χ1v) is 4.98. The number of hydrogen-bond donors (Lipinski definition) is 2. The van der Waals surface area contributed by atoms with E-state index in [1.807, 2.05) is 0 Å². The topological polar surface area (TPSA) is 32.3 Å². The van der Waals surface area contributed by atoms with Gasteiger partial charge in [0, 0.05) is 12.6 Å². The Balaban J connectivity index is 2.26. The van der Waals surface area contributed by atoms with Crippen molar-refractivity contribution >= 4 is 0 Å². The van der Waals surface area contributed by atoms with Gasteiger partial charge in [-0.1, -0.05) is 20.3 Å². The van der Waals surface area contributed by atoms with Crippen LogP contribution in [0.5, 0.6) is 0 Å². The van der Waals surface area contributed by atoms with E-state index < -0.39 is 0 Å². The van der Waals surface area contributed by atoms with Gasteiger partial charge in [-0.2, -0.15) is 0 Å². The van der Waals surface area contributed by atoms with Crippen molar-refractivity contribution in [2.45, 2.75) is 45.6 Å². The van der Waals surface area contributed by atoms with Crippen LogP contribution in [0, 0.1) is 5.41 Å². The molecule has 0 aromatic rings. The van der Waals surface area contributed by atoms with Crippen LogP contribution in [0.4, 0.5) is 0 Å². The van der Waals surface area contributed by atoms with Gasteiger partial charge >= 0.3 is 0 Å². The first kappa shape index (κ1) is 10.0. The molecule has 1 aliphatic rings. The second-order valence-corrected chi connectivity index (χ2v) is 4.64. The fourth-order valence-electron chi connectivity index (χ4n) is 2.14. The summed E-state index contributed by atoms with van der Waals surface area (Å²) in [6.45, 7) is 5.68. The molecule has 1 saturated carbocycles. The van der Waals surface area contributed by atoms with Crippen molar-refractivity contribution in [3.63, 3.8) is 0 Å². The molecule has 1 rings (SSSR count). The summed E-state index contributed by atoms with van der Waals surface area (Å²) in [6, 6.07) is 0.640. The maximum absolute atomic E-state index is 8.66. The fraction of sp³-hybridized carbons (Fsp3) is 1.00.